The molecule has 0 atom stereocenters. The van der Waals surface area contributed by atoms with E-state index in [9.17, 15) is 8.42 Å². The van der Waals surface area contributed by atoms with Crippen LogP contribution in [0.4, 0.5) is 0 Å². The minimum atomic E-state index is -2.99. The van der Waals surface area contributed by atoms with E-state index in [1.807, 2.05) is 0 Å². The molecule has 5 heteroatoms. The zero-order chi connectivity index (χ0) is 8.48. The molecule has 1 aromatic heterocycles. The summed E-state index contributed by atoms with van der Waals surface area (Å²) in [6.07, 6.45) is 1.16. The number of hydrogen-bond donors (Lipinski definition) is 0. The zero-order valence-electron chi connectivity index (χ0n) is 6.36. The fourth-order valence-corrected chi connectivity index (χ4v) is 1.43. The van der Waals surface area contributed by atoms with Crippen molar-refractivity contribution in [2.75, 3.05) is 6.26 Å². The highest BCUT2D eigenvalue weighted by atomic mass is 32.2. The van der Waals surface area contributed by atoms with Crippen molar-refractivity contribution >= 4 is 9.84 Å². The Hall–Kier alpha value is -0.840. The monoisotopic (exact) mass is 175 g/mol. The molecule has 0 bridgehead atoms. The van der Waals surface area contributed by atoms with Gasteiger partial charge in [-0.2, -0.15) is 0 Å². The normalized spacial score (nSPS) is 11.8. The molecule has 0 aliphatic rings. The number of aryl methyl sites for hydroxylation is 1. The van der Waals surface area contributed by atoms with Crippen molar-refractivity contribution in [1.29, 1.82) is 0 Å². The van der Waals surface area contributed by atoms with Crippen molar-refractivity contribution in [1.82, 2.24) is 5.16 Å². The fourth-order valence-electron chi connectivity index (χ4n) is 0.755. The minimum Gasteiger partial charge on any atom is -0.361 e. The Morgan fingerprint density at radius 2 is 2.27 bits per heavy atom. The Labute approximate surface area is 65.1 Å². The second-order valence-electron chi connectivity index (χ2n) is 2.50. The molecule has 0 amide bonds. The van der Waals surface area contributed by atoms with Gasteiger partial charge in [-0.05, 0) is 6.92 Å². The summed E-state index contributed by atoms with van der Waals surface area (Å²) in [6.45, 7) is 1.72. The largest absolute Gasteiger partial charge is 0.361 e. The first kappa shape index (κ1) is 8.26. The van der Waals surface area contributed by atoms with Crippen LogP contribution in [0.5, 0.6) is 0 Å². The van der Waals surface area contributed by atoms with Crippen molar-refractivity contribution in [3.05, 3.63) is 17.5 Å². The van der Waals surface area contributed by atoms with Gasteiger partial charge in [0.25, 0.3) is 0 Å². The lowest BCUT2D eigenvalue weighted by molar-refractivity contribution is 0.392. The van der Waals surface area contributed by atoms with Crippen LogP contribution in [0.2, 0.25) is 0 Å². The highest BCUT2D eigenvalue weighted by Gasteiger charge is 2.07. The van der Waals surface area contributed by atoms with E-state index in [1.165, 1.54) is 0 Å². The van der Waals surface area contributed by atoms with Gasteiger partial charge in [-0.15, -0.1) is 0 Å². The Bertz CT molecular complexity index is 338. The Kier molecular flexibility index (Phi) is 1.99. The van der Waals surface area contributed by atoms with Gasteiger partial charge in [0.1, 0.15) is 5.76 Å². The van der Waals surface area contributed by atoms with Gasteiger partial charge < -0.3 is 4.52 Å². The van der Waals surface area contributed by atoms with Crippen molar-refractivity contribution in [2.45, 2.75) is 12.7 Å². The molecule has 0 saturated carbocycles. The van der Waals surface area contributed by atoms with Gasteiger partial charge >= 0.3 is 0 Å². The molecule has 0 fully saturated rings. The first-order valence-electron chi connectivity index (χ1n) is 3.07. The summed E-state index contributed by atoms with van der Waals surface area (Å²) < 4.78 is 26.2. The molecule has 1 rings (SSSR count). The molecule has 1 heterocycles. The maximum Gasteiger partial charge on any atom is 0.153 e. The predicted molar refractivity (Wildman–Crippen MR) is 39.8 cm³/mol. The average molecular weight is 175 g/mol. The topological polar surface area (TPSA) is 60.2 Å². The molecular weight excluding hydrogens is 166 g/mol. The fraction of sp³-hybridized carbons (Fsp3) is 0.500. The maximum absolute atomic E-state index is 10.7. The number of aromatic nitrogens is 1. The first-order chi connectivity index (χ1) is 4.97. The smallest absolute Gasteiger partial charge is 0.153 e. The van der Waals surface area contributed by atoms with E-state index in [0.29, 0.717) is 11.5 Å². The summed E-state index contributed by atoms with van der Waals surface area (Å²) in [5.41, 5.74) is 0.463. The summed E-state index contributed by atoms with van der Waals surface area (Å²) in [6, 6.07) is 1.61. The van der Waals surface area contributed by atoms with Gasteiger partial charge in [-0.1, -0.05) is 5.16 Å². The molecule has 0 aromatic carbocycles. The molecule has 62 valence electrons. The summed E-state index contributed by atoms with van der Waals surface area (Å²) >= 11 is 0. The SMILES string of the molecule is Cc1cc(CS(C)(=O)=O)no1. The van der Waals surface area contributed by atoms with Gasteiger partial charge in [-0.3, -0.25) is 0 Å². The lowest BCUT2D eigenvalue weighted by atomic mass is 10.4. The van der Waals surface area contributed by atoms with Gasteiger partial charge in [0.15, 0.2) is 9.84 Å². The zero-order valence-corrected chi connectivity index (χ0v) is 7.18. The first-order valence-corrected chi connectivity index (χ1v) is 5.13. The number of sulfone groups is 1. The van der Waals surface area contributed by atoms with Crippen molar-refractivity contribution < 1.29 is 12.9 Å². The number of nitrogens with zero attached hydrogens (tertiary/aromatic N) is 1. The van der Waals surface area contributed by atoms with Gasteiger partial charge in [-0.25, -0.2) is 8.42 Å². The van der Waals surface area contributed by atoms with E-state index in [0.717, 1.165) is 6.26 Å². The van der Waals surface area contributed by atoms with Gasteiger partial charge in [0, 0.05) is 12.3 Å². The van der Waals surface area contributed by atoms with E-state index in [-0.39, 0.29) is 5.75 Å². The molecule has 0 unspecified atom stereocenters. The van der Waals surface area contributed by atoms with Crippen LogP contribution in [0, 0.1) is 6.92 Å². The van der Waals surface area contributed by atoms with Crippen LogP contribution in [-0.4, -0.2) is 19.8 Å². The van der Waals surface area contributed by atoms with Crippen LogP contribution in [0.3, 0.4) is 0 Å². The summed E-state index contributed by atoms with van der Waals surface area (Å²) in [4.78, 5) is 0. The molecule has 1 aromatic rings. The van der Waals surface area contributed by atoms with Crippen LogP contribution < -0.4 is 0 Å². The van der Waals surface area contributed by atoms with Gasteiger partial charge in [0.05, 0.1) is 11.4 Å². The highest BCUT2D eigenvalue weighted by Crippen LogP contribution is 2.04. The second kappa shape index (κ2) is 2.65. The van der Waals surface area contributed by atoms with E-state index in [4.69, 9.17) is 4.52 Å². The van der Waals surface area contributed by atoms with E-state index >= 15 is 0 Å². The highest BCUT2D eigenvalue weighted by molar-refractivity contribution is 7.89. The van der Waals surface area contributed by atoms with Crippen LogP contribution in [0.15, 0.2) is 10.6 Å². The standard InChI is InChI=1S/C6H9NO3S/c1-5-3-6(7-10-5)4-11(2,8)9/h3H,4H2,1-2H3. The van der Waals surface area contributed by atoms with Crippen LogP contribution in [-0.2, 0) is 15.6 Å². The molecule has 0 spiro atoms. The Balaban J connectivity index is 2.81. The predicted octanol–water partition coefficient (Wildman–Crippen LogP) is 0.528. The molecule has 0 aliphatic heterocycles. The minimum absolute atomic E-state index is 0.0513. The number of rotatable bonds is 2. The molecule has 4 nitrogen and oxygen atoms in total. The van der Waals surface area contributed by atoms with Crippen LogP contribution >= 0.6 is 0 Å². The second-order valence-corrected chi connectivity index (χ2v) is 4.64. The Morgan fingerprint density at radius 1 is 1.64 bits per heavy atom. The van der Waals surface area contributed by atoms with Crippen molar-refractivity contribution in [2.24, 2.45) is 0 Å². The van der Waals surface area contributed by atoms with E-state index < -0.39 is 9.84 Å². The third-order valence-corrected chi connectivity index (χ3v) is 1.91. The molecule has 0 aliphatic carbocycles. The molecular formula is C6H9NO3S. The third kappa shape index (κ3) is 2.71. The molecule has 0 radical (unpaired) electrons. The lowest BCUT2D eigenvalue weighted by Gasteiger charge is -1.88. The van der Waals surface area contributed by atoms with Crippen molar-refractivity contribution in [3.63, 3.8) is 0 Å². The molecule has 0 saturated heterocycles. The summed E-state index contributed by atoms with van der Waals surface area (Å²) in [7, 11) is -2.99. The maximum atomic E-state index is 10.7. The summed E-state index contributed by atoms with van der Waals surface area (Å²) in [5.74, 6) is 0.577. The molecule has 0 N–H and O–H groups in total. The summed E-state index contributed by atoms with van der Waals surface area (Å²) in [5, 5.41) is 3.55. The number of hydrogen-bond acceptors (Lipinski definition) is 4. The average Bonchev–Trinajstić information content (AvgIpc) is 2.10. The van der Waals surface area contributed by atoms with E-state index in [2.05, 4.69) is 5.16 Å². The third-order valence-electron chi connectivity index (χ3n) is 1.09. The Morgan fingerprint density at radius 3 is 2.64 bits per heavy atom. The molecule has 11 heavy (non-hydrogen) atoms. The van der Waals surface area contributed by atoms with E-state index in [1.54, 1.807) is 13.0 Å². The quantitative estimate of drug-likeness (QED) is 0.657. The lowest BCUT2D eigenvalue weighted by Crippen LogP contribution is -2.00. The van der Waals surface area contributed by atoms with Gasteiger partial charge in [0.2, 0.25) is 0 Å². The van der Waals surface area contributed by atoms with Crippen LogP contribution in [0.1, 0.15) is 11.5 Å². The van der Waals surface area contributed by atoms with Crippen molar-refractivity contribution in [3.8, 4) is 0 Å². The van der Waals surface area contributed by atoms with Crippen LogP contribution in [0.25, 0.3) is 0 Å².